The number of hydrogen-bond donors (Lipinski definition) is 1. The lowest BCUT2D eigenvalue weighted by Crippen LogP contribution is -2.20. The van der Waals surface area contributed by atoms with Crippen molar-refractivity contribution in [3.05, 3.63) is 39.3 Å². The van der Waals surface area contributed by atoms with Gasteiger partial charge in [0.15, 0.2) is 0 Å². The van der Waals surface area contributed by atoms with Crippen LogP contribution in [-0.4, -0.2) is 21.8 Å². The molecule has 25 heavy (non-hydrogen) atoms. The first kappa shape index (κ1) is 19.9. The van der Waals surface area contributed by atoms with Gasteiger partial charge in [0.2, 0.25) is 0 Å². The summed E-state index contributed by atoms with van der Waals surface area (Å²) in [6, 6.07) is 5.23. The zero-order valence-electron chi connectivity index (χ0n) is 14.0. The van der Waals surface area contributed by atoms with Gasteiger partial charge in [0.25, 0.3) is 0 Å². The standard InChI is InChI=1S/C18H19Cl2NO3S/c1-10(2)6-11(18(23)24)7-13(22)8-12-9-25-17(21-12)16-14(19)4-3-5-15(16)20/h3-5,9-11H,6-8H2,1-2H3,(H,23,24)/t11-/m1/s1. The molecular formula is C18H19Cl2NO3S. The predicted octanol–water partition coefficient (Wildman–Crippen LogP) is 5.37. The van der Waals surface area contributed by atoms with Gasteiger partial charge in [0.05, 0.1) is 21.7 Å². The highest BCUT2D eigenvalue weighted by Crippen LogP contribution is 2.36. The highest BCUT2D eigenvalue weighted by molar-refractivity contribution is 7.13. The lowest BCUT2D eigenvalue weighted by molar-refractivity contribution is -0.144. The van der Waals surface area contributed by atoms with Gasteiger partial charge < -0.3 is 5.11 Å². The Bertz CT molecular complexity index is 753. The number of halogens is 2. The van der Waals surface area contributed by atoms with Crippen molar-refractivity contribution >= 4 is 46.3 Å². The fourth-order valence-electron chi connectivity index (χ4n) is 2.59. The molecule has 0 unspecified atom stereocenters. The smallest absolute Gasteiger partial charge is 0.306 e. The average molecular weight is 400 g/mol. The minimum Gasteiger partial charge on any atom is -0.481 e. The molecule has 2 aromatic rings. The molecule has 0 saturated carbocycles. The quantitative estimate of drug-likeness (QED) is 0.647. The molecule has 0 saturated heterocycles. The van der Waals surface area contributed by atoms with Crippen molar-refractivity contribution in [2.75, 3.05) is 0 Å². The molecule has 1 N–H and O–H groups in total. The first-order valence-corrected chi connectivity index (χ1v) is 9.54. The van der Waals surface area contributed by atoms with E-state index in [0.717, 1.165) is 0 Å². The van der Waals surface area contributed by atoms with Gasteiger partial charge in [-0.1, -0.05) is 43.1 Å². The van der Waals surface area contributed by atoms with E-state index in [1.165, 1.54) is 11.3 Å². The van der Waals surface area contributed by atoms with Gasteiger partial charge in [-0.25, -0.2) is 4.98 Å². The second-order valence-corrected chi connectivity index (χ2v) is 8.00. The van der Waals surface area contributed by atoms with E-state index in [1.807, 2.05) is 13.8 Å². The van der Waals surface area contributed by atoms with E-state index in [9.17, 15) is 14.7 Å². The molecule has 0 fully saturated rings. The van der Waals surface area contributed by atoms with Crippen molar-refractivity contribution < 1.29 is 14.7 Å². The van der Waals surface area contributed by atoms with Crippen molar-refractivity contribution in [3.8, 4) is 10.6 Å². The van der Waals surface area contributed by atoms with Gasteiger partial charge in [0.1, 0.15) is 10.8 Å². The number of carbonyl (C=O) groups is 2. The molecule has 0 bridgehead atoms. The molecule has 0 aliphatic rings. The third-order valence-electron chi connectivity index (χ3n) is 3.69. The normalized spacial score (nSPS) is 12.4. The Morgan fingerprint density at radius 2 is 1.88 bits per heavy atom. The van der Waals surface area contributed by atoms with Crippen LogP contribution in [0.15, 0.2) is 23.6 Å². The summed E-state index contributed by atoms with van der Waals surface area (Å²) in [5, 5.41) is 12.7. The summed E-state index contributed by atoms with van der Waals surface area (Å²) >= 11 is 13.7. The van der Waals surface area contributed by atoms with Crippen LogP contribution in [0.5, 0.6) is 0 Å². The summed E-state index contributed by atoms with van der Waals surface area (Å²) in [5.41, 5.74) is 1.26. The maximum Gasteiger partial charge on any atom is 0.306 e. The third-order valence-corrected chi connectivity index (χ3v) is 5.22. The Morgan fingerprint density at radius 1 is 1.24 bits per heavy atom. The molecule has 1 aromatic heterocycles. The van der Waals surface area contributed by atoms with E-state index < -0.39 is 11.9 Å². The van der Waals surface area contributed by atoms with E-state index in [-0.39, 0.29) is 24.5 Å². The highest BCUT2D eigenvalue weighted by atomic mass is 35.5. The number of Topliss-reactive ketones (excluding diaryl/α,β-unsaturated/α-hetero) is 1. The van der Waals surface area contributed by atoms with Crippen LogP contribution < -0.4 is 0 Å². The molecule has 1 aromatic carbocycles. The van der Waals surface area contributed by atoms with Crippen LogP contribution in [0.25, 0.3) is 10.6 Å². The van der Waals surface area contributed by atoms with Crippen molar-refractivity contribution in [1.82, 2.24) is 4.98 Å². The number of benzene rings is 1. The lowest BCUT2D eigenvalue weighted by atomic mass is 9.91. The second-order valence-electron chi connectivity index (χ2n) is 6.32. The average Bonchev–Trinajstić information content (AvgIpc) is 2.93. The van der Waals surface area contributed by atoms with Crippen LogP contribution in [0.4, 0.5) is 0 Å². The van der Waals surface area contributed by atoms with Crippen LogP contribution in [0.2, 0.25) is 10.0 Å². The first-order chi connectivity index (χ1) is 11.8. The Labute approximate surface area is 160 Å². The summed E-state index contributed by atoms with van der Waals surface area (Å²) in [4.78, 5) is 28.0. The largest absolute Gasteiger partial charge is 0.481 e. The summed E-state index contributed by atoms with van der Waals surface area (Å²) in [5.74, 6) is -1.48. The molecule has 1 heterocycles. The molecule has 0 aliphatic carbocycles. The molecular weight excluding hydrogens is 381 g/mol. The van der Waals surface area contributed by atoms with Crippen LogP contribution >= 0.6 is 34.5 Å². The zero-order valence-corrected chi connectivity index (χ0v) is 16.3. The molecule has 1 atom stereocenters. The van der Waals surface area contributed by atoms with E-state index in [4.69, 9.17) is 23.2 Å². The molecule has 4 nitrogen and oxygen atoms in total. The van der Waals surface area contributed by atoms with Gasteiger partial charge in [-0.05, 0) is 24.5 Å². The fraction of sp³-hybridized carbons (Fsp3) is 0.389. The Hall–Kier alpha value is -1.43. The maximum absolute atomic E-state index is 12.2. The number of carboxylic acids is 1. The molecule has 0 aliphatic heterocycles. The number of carbonyl (C=O) groups excluding carboxylic acids is 1. The van der Waals surface area contributed by atoms with Crippen molar-refractivity contribution in [3.63, 3.8) is 0 Å². The number of hydrogen-bond acceptors (Lipinski definition) is 4. The summed E-state index contributed by atoms with van der Waals surface area (Å²) < 4.78 is 0. The highest BCUT2D eigenvalue weighted by Gasteiger charge is 2.23. The predicted molar refractivity (Wildman–Crippen MR) is 101 cm³/mol. The molecule has 2 rings (SSSR count). The second kappa shape index (κ2) is 8.79. The Balaban J connectivity index is 2.08. The molecule has 7 heteroatoms. The lowest BCUT2D eigenvalue weighted by Gasteiger charge is -2.13. The Morgan fingerprint density at radius 3 is 2.44 bits per heavy atom. The number of carboxylic acid groups (broad SMARTS) is 1. The maximum atomic E-state index is 12.2. The molecule has 134 valence electrons. The number of ketones is 1. The van der Waals surface area contributed by atoms with Gasteiger partial charge >= 0.3 is 5.97 Å². The number of rotatable bonds is 8. The molecule has 0 radical (unpaired) electrons. The van der Waals surface area contributed by atoms with Gasteiger partial charge in [-0.3, -0.25) is 9.59 Å². The SMILES string of the molecule is CC(C)C[C@H](CC(=O)Cc1csc(-c2c(Cl)cccc2Cl)n1)C(=O)O. The van der Waals surface area contributed by atoms with Crippen molar-refractivity contribution in [2.24, 2.45) is 11.8 Å². The summed E-state index contributed by atoms with van der Waals surface area (Å²) in [6.07, 6.45) is 0.617. The van der Waals surface area contributed by atoms with Crippen LogP contribution in [0.1, 0.15) is 32.4 Å². The number of aromatic nitrogens is 1. The summed E-state index contributed by atoms with van der Waals surface area (Å²) in [6.45, 7) is 3.89. The minimum atomic E-state index is -0.927. The first-order valence-electron chi connectivity index (χ1n) is 7.91. The van der Waals surface area contributed by atoms with E-state index >= 15 is 0 Å². The van der Waals surface area contributed by atoms with Crippen LogP contribution in [0, 0.1) is 11.8 Å². The fourth-order valence-corrected chi connectivity index (χ4v) is 4.17. The zero-order chi connectivity index (χ0) is 18.6. The number of thiazole rings is 1. The summed E-state index contributed by atoms with van der Waals surface area (Å²) in [7, 11) is 0. The van der Waals surface area contributed by atoms with Crippen LogP contribution in [0.3, 0.4) is 0 Å². The van der Waals surface area contributed by atoms with Crippen molar-refractivity contribution in [1.29, 1.82) is 0 Å². The van der Waals surface area contributed by atoms with Gasteiger partial charge in [0, 0.05) is 23.8 Å². The van der Waals surface area contributed by atoms with Gasteiger partial charge in [-0.15, -0.1) is 11.3 Å². The third kappa shape index (κ3) is 5.53. The van der Waals surface area contributed by atoms with E-state index in [2.05, 4.69) is 4.98 Å². The van der Waals surface area contributed by atoms with Crippen LogP contribution in [-0.2, 0) is 16.0 Å². The Kier molecular flexibility index (Phi) is 6.99. The van der Waals surface area contributed by atoms with Gasteiger partial charge in [-0.2, -0.15) is 0 Å². The molecule has 0 amide bonds. The topological polar surface area (TPSA) is 67.3 Å². The molecule has 0 spiro atoms. The number of aliphatic carboxylic acids is 1. The monoisotopic (exact) mass is 399 g/mol. The number of nitrogens with zero attached hydrogens (tertiary/aromatic N) is 1. The minimum absolute atomic E-state index is 0.0211. The van der Waals surface area contributed by atoms with E-state index in [0.29, 0.717) is 32.7 Å². The van der Waals surface area contributed by atoms with E-state index in [1.54, 1.807) is 23.6 Å². The van der Waals surface area contributed by atoms with Crippen molar-refractivity contribution in [2.45, 2.75) is 33.1 Å².